The molecule has 0 bridgehead atoms. The van der Waals surface area contributed by atoms with Crippen molar-refractivity contribution in [3.63, 3.8) is 0 Å². The molecule has 3 amide bonds. The second kappa shape index (κ2) is 5.16. The van der Waals surface area contributed by atoms with Crippen LogP contribution in [0.25, 0.3) is 0 Å². The molecule has 1 aliphatic heterocycles. The number of hydrogen-bond donors (Lipinski definition) is 2. The van der Waals surface area contributed by atoms with Gasteiger partial charge in [-0.25, -0.2) is 0 Å². The number of amides is 3. The molecule has 1 aliphatic rings. The fourth-order valence-electron chi connectivity index (χ4n) is 1.76. The Bertz CT molecular complexity index is 382. The van der Waals surface area contributed by atoms with E-state index in [-0.39, 0.29) is 18.3 Å². The van der Waals surface area contributed by atoms with Crippen molar-refractivity contribution in [2.24, 2.45) is 5.41 Å². The van der Waals surface area contributed by atoms with Gasteiger partial charge in [-0.05, 0) is 5.41 Å². The van der Waals surface area contributed by atoms with Crippen molar-refractivity contribution in [3.8, 4) is 0 Å². The predicted octanol–water partition coefficient (Wildman–Crippen LogP) is -0.638. The SMILES string of the molecule is CC1(C)CC(=O)N(CC(=O)NCC(=O)O)C(=O)C1. The van der Waals surface area contributed by atoms with E-state index in [1.165, 1.54) is 0 Å². The highest BCUT2D eigenvalue weighted by atomic mass is 16.4. The molecule has 7 heteroatoms. The lowest BCUT2D eigenvalue weighted by Gasteiger charge is -2.34. The van der Waals surface area contributed by atoms with E-state index in [9.17, 15) is 19.2 Å². The van der Waals surface area contributed by atoms with E-state index in [4.69, 9.17) is 5.11 Å². The number of piperidine rings is 1. The van der Waals surface area contributed by atoms with Gasteiger partial charge < -0.3 is 10.4 Å². The summed E-state index contributed by atoms with van der Waals surface area (Å²) in [6.07, 6.45) is 0.399. The van der Waals surface area contributed by atoms with Crippen LogP contribution in [0.4, 0.5) is 0 Å². The topological polar surface area (TPSA) is 104 Å². The quantitative estimate of drug-likeness (QED) is 0.651. The van der Waals surface area contributed by atoms with Crippen LogP contribution in [-0.2, 0) is 19.2 Å². The summed E-state index contributed by atoms with van der Waals surface area (Å²) in [5.41, 5.74) is -0.387. The van der Waals surface area contributed by atoms with Crippen molar-refractivity contribution in [1.82, 2.24) is 10.2 Å². The van der Waals surface area contributed by atoms with Crippen LogP contribution < -0.4 is 5.32 Å². The summed E-state index contributed by atoms with van der Waals surface area (Å²) in [6, 6.07) is 0. The van der Waals surface area contributed by atoms with Gasteiger partial charge in [0.25, 0.3) is 0 Å². The first-order valence-electron chi connectivity index (χ1n) is 5.53. The van der Waals surface area contributed by atoms with E-state index in [0.29, 0.717) is 0 Å². The van der Waals surface area contributed by atoms with E-state index in [2.05, 4.69) is 5.32 Å². The van der Waals surface area contributed by atoms with E-state index >= 15 is 0 Å². The molecule has 1 saturated heterocycles. The smallest absolute Gasteiger partial charge is 0.322 e. The molecule has 1 fully saturated rings. The summed E-state index contributed by atoms with van der Waals surface area (Å²) in [4.78, 5) is 45.9. The maximum Gasteiger partial charge on any atom is 0.322 e. The third-order valence-corrected chi connectivity index (χ3v) is 2.60. The monoisotopic (exact) mass is 256 g/mol. The average molecular weight is 256 g/mol. The molecule has 0 aromatic heterocycles. The van der Waals surface area contributed by atoms with E-state index in [1.807, 2.05) is 13.8 Å². The molecule has 18 heavy (non-hydrogen) atoms. The number of hydrogen-bond acceptors (Lipinski definition) is 4. The molecule has 0 aromatic carbocycles. The Labute approximate surface area is 104 Å². The minimum Gasteiger partial charge on any atom is -0.480 e. The number of aliphatic carboxylic acids is 1. The molecule has 0 atom stereocenters. The maximum atomic E-state index is 11.7. The zero-order chi connectivity index (χ0) is 13.9. The van der Waals surface area contributed by atoms with Gasteiger partial charge in [-0.15, -0.1) is 0 Å². The molecule has 1 heterocycles. The van der Waals surface area contributed by atoms with Gasteiger partial charge in [0.2, 0.25) is 17.7 Å². The lowest BCUT2D eigenvalue weighted by Crippen LogP contribution is -2.50. The molecule has 2 N–H and O–H groups in total. The number of nitrogens with one attached hydrogen (secondary N) is 1. The minimum atomic E-state index is -1.18. The number of rotatable bonds is 4. The third kappa shape index (κ3) is 3.83. The van der Waals surface area contributed by atoms with Gasteiger partial charge in [0.05, 0.1) is 0 Å². The van der Waals surface area contributed by atoms with Crippen molar-refractivity contribution in [2.45, 2.75) is 26.7 Å². The molecule has 1 rings (SSSR count). The lowest BCUT2D eigenvalue weighted by atomic mass is 9.82. The molecule has 0 spiro atoms. The maximum absolute atomic E-state index is 11.7. The van der Waals surface area contributed by atoms with Crippen LogP contribution >= 0.6 is 0 Å². The van der Waals surface area contributed by atoms with Gasteiger partial charge in [0.15, 0.2) is 0 Å². The number of carboxylic acid groups (broad SMARTS) is 1. The first-order valence-corrected chi connectivity index (χ1v) is 5.53. The summed E-state index contributed by atoms with van der Waals surface area (Å²) in [6.45, 7) is 2.68. The van der Waals surface area contributed by atoms with Gasteiger partial charge in [0, 0.05) is 12.8 Å². The fraction of sp³-hybridized carbons (Fsp3) is 0.636. The summed E-state index contributed by atoms with van der Waals surface area (Å²) in [5, 5.41) is 10.5. The lowest BCUT2D eigenvalue weighted by molar-refractivity contribution is -0.154. The van der Waals surface area contributed by atoms with Crippen LogP contribution in [0.5, 0.6) is 0 Å². The van der Waals surface area contributed by atoms with Crippen molar-refractivity contribution >= 4 is 23.7 Å². The highest BCUT2D eigenvalue weighted by Gasteiger charge is 2.38. The minimum absolute atomic E-state index is 0.199. The van der Waals surface area contributed by atoms with Crippen molar-refractivity contribution in [3.05, 3.63) is 0 Å². The second-order valence-electron chi connectivity index (χ2n) is 5.06. The highest BCUT2D eigenvalue weighted by molar-refractivity contribution is 6.01. The van der Waals surface area contributed by atoms with Crippen LogP contribution in [-0.4, -0.2) is 46.8 Å². The fourth-order valence-corrected chi connectivity index (χ4v) is 1.76. The number of imide groups is 1. The van der Waals surface area contributed by atoms with Crippen LogP contribution in [0.2, 0.25) is 0 Å². The molecule has 7 nitrogen and oxygen atoms in total. The first-order chi connectivity index (χ1) is 8.21. The molecule has 0 unspecified atom stereocenters. The Hall–Kier alpha value is -1.92. The molecule has 0 aliphatic carbocycles. The number of likely N-dealkylation sites (tertiary alicyclic amines) is 1. The Morgan fingerprint density at radius 2 is 1.78 bits per heavy atom. The highest BCUT2D eigenvalue weighted by Crippen LogP contribution is 2.31. The molecule has 100 valence electrons. The summed E-state index contributed by atoms with van der Waals surface area (Å²) in [7, 11) is 0. The largest absolute Gasteiger partial charge is 0.480 e. The van der Waals surface area contributed by atoms with E-state index in [1.54, 1.807) is 0 Å². The second-order valence-corrected chi connectivity index (χ2v) is 5.06. The standard InChI is InChI=1S/C11H16N2O5/c1-11(2)3-8(15)13(9(16)4-11)6-7(14)12-5-10(17)18/h3-6H2,1-2H3,(H,12,14)(H,17,18). The Morgan fingerprint density at radius 1 is 1.28 bits per heavy atom. The van der Waals surface area contributed by atoms with E-state index < -0.39 is 36.8 Å². The van der Waals surface area contributed by atoms with E-state index in [0.717, 1.165) is 4.90 Å². The number of carbonyl (C=O) groups excluding carboxylic acids is 3. The van der Waals surface area contributed by atoms with Gasteiger partial charge in [0.1, 0.15) is 13.1 Å². The van der Waals surface area contributed by atoms with Crippen LogP contribution in [0.3, 0.4) is 0 Å². The predicted molar refractivity (Wildman–Crippen MR) is 60.4 cm³/mol. The molecule has 0 radical (unpaired) electrons. The molecule has 0 saturated carbocycles. The first kappa shape index (κ1) is 14.1. The van der Waals surface area contributed by atoms with Crippen LogP contribution in [0, 0.1) is 5.41 Å². The Balaban J connectivity index is 2.57. The van der Waals surface area contributed by atoms with Gasteiger partial charge in [-0.1, -0.05) is 13.8 Å². The zero-order valence-corrected chi connectivity index (χ0v) is 10.4. The van der Waals surface area contributed by atoms with Crippen LogP contribution in [0.15, 0.2) is 0 Å². The Morgan fingerprint density at radius 3 is 2.22 bits per heavy atom. The number of carbonyl (C=O) groups is 4. The van der Waals surface area contributed by atoms with Crippen molar-refractivity contribution < 1.29 is 24.3 Å². The van der Waals surface area contributed by atoms with Crippen molar-refractivity contribution in [1.29, 1.82) is 0 Å². The summed E-state index contributed by atoms with van der Waals surface area (Å²) < 4.78 is 0. The summed E-state index contributed by atoms with van der Waals surface area (Å²) >= 11 is 0. The van der Waals surface area contributed by atoms with Crippen molar-refractivity contribution in [2.75, 3.05) is 13.1 Å². The Kier molecular flexibility index (Phi) is 4.05. The number of carboxylic acids is 1. The molecule has 0 aromatic rings. The van der Waals surface area contributed by atoms with Gasteiger partial charge in [-0.2, -0.15) is 0 Å². The zero-order valence-electron chi connectivity index (χ0n) is 10.4. The normalized spacial score (nSPS) is 18.7. The van der Waals surface area contributed by atoms with Gasteiger partial charge in [-0.3, -0.25) is 24.1 Å². The van der Waals surface area contributed by atoms with Crippen LogP contribution in [0.1, 0.15) is 26.7 Å². The van der Waals surface area contributed by atoms with Gasteiger partial charge >= 0.3 is 5.97 Å². The molecular weight excluding hydrogens is 240 g/mol. The molecular formula is C11H16N2O5. The average Bonchev–Trinajstić information content (AvgIpc) is 2.19. The third-order valence-electron chi connectivity index (χ3n) is 2.60. The number of nitrogens with zero attached hydrogens (tertiary/aromatic N) is 1. The summed E-state index contributed by atoms with van der Waals surface area (Å²) in [5.74, 6) is -2.64.